The summed E-state index contributed by atoms with van der Waals surface area (Å²) in [5, 5.41) is 9.42. The molecule has 0 bridgehead atoms. The van der Waals surface area contributed by atoms with Gasteiger partial charge in [0.05, 0.1) is 5.69 Å². The third kappa shape index (κ3) is 4.57. The Kier molecular flexibility index (Phi) is 6.53. The summed E-state index contributed by atoms with van der Waals surface area (Å²) in [5.41, 5.74) is 9.79. The zero-order chi connectivity index (χ0) is 33.0. The average molecular weight is 638 g/mol. The molecule has 0 fully saturated rings. The Balaban J connectivity index is 1.22. The molecule has 0 aliphatic rings. The zero-order valence-electron chi connectivity index (χ0n) is 27.3. The van der Waals surface area contributed by atoms with Gasteiger partial charge in [0.2, 0.25) is 0 Å². The van der Waals surface area contributed by atoms with Gasteiger partial charge in [0.25, 0.3) is 0 Å². The second-order valence-electron chi connectivity index (χ2n) is 12.9. The Bertz CT molecular complexity index is 2860. The third-order valence-electron chi connectivity index (χ3n) is 10.0. The van der Waals surface area contributed by atoms with Crippen molar-refractivity contribution in [2.45, 2.75) is 0 Å². The van der Waals surface area contributed by atoms with Crippen molar-refractivity contribution in [2.24, 2.45) is 0 Å². The van der Waals surface area contributed by atoms with Crippen LogP contribution in [-0.2, 0) is 0 Å². The van der Waals surface area contributed by atoms with Crippen LogP contribution in [0.25, 0.3) is 76.5 Å². The predicted octanol–water partition coefficient (Wildman–Crippen LogP) is 13.8. The van der Waals surface area contributed by atoms with E-state index < -0.39 is 0 Å². The fourth-order valence-corrected chi connectivity index (χ4v) is 7.68. The molecule has 10 rings (SSSR count). The van der Waals surface area contributed by atoms with Gasteiger partial charge in [0, 0.05) is 33.1 Å². The number of fused-ring (bicyclic) bond motifs is 6. The normalized spacial score (nSPS) is 11.6. The van der Waals surface area contributed by atoms with E-state index >= 15 is 0 Å². The van der Waals surface area contributed by atoms with Crippen LogP contribution in [0.15, 0.2) is 192 Å². The summed E-state index contributed by atoms with van der Waals surface area (Å²) in [7, 11) is 0. The van der Waals surface area contributed by atoms with Gasteiger partial charge in [-0.15, -0.1) is 0 Å². The molecule has 1 heterocycles. The number of furan rings is 1. The summed E-state index contributed by atoms with van der Waals surface area (Å²) in [6.45, 7) is 0. The number of rotatable bonds is 5. The molecular weight excluding hydrogens is 607 g/mol. The lowest BCUT2D eigenvalue weighted by Crippen LogP contribution is -2.10. The molecule has 2 heteroatoms. The molecule has 2 nitrogen and oxygen atoms in total. The molecule has 9 aromatic carbocycles. The average Bonchev–Trinajstić information content (AvgIpc) is 3.55. The van der Waals surface area contributed by atoms with Gasteiger partial charge in [-0.3, -0.25) is 0 Å². The first-order valence-electron chi connectivity index (χ1n) is 17.1. The van der Waals surface area contributed by atoms with Gasteiger partial charge in [-0.1, -0.05) is 146 Å². The van der Waals surface area contributed by atoms with Crippen LogP contribution in [0.5, 0.6) is 0 Å². The SMILES string of the molecule is c1ccc(-c2ccc(N(c3ccc4oc5c(-c6cccc7ccccc67)c6ccccc6cc5c4c3)c3cccc4ccccc34)cc2)cc1. The van der Waals surface area contributed by atoms with Crippen LogP contribution in [0.3, 0.4) is 0 Å². The summed E-state index contributed by atoms with van der Waals surface area (Å²) >= 11 is 0. The molecule has 0 spiro atoms. The number of nitrogens with zero attached hydrogens (tertiary/aromatic N) is 1. The summed E-state index contributed by atoms with van der Waals surface area (Å²) in [6, 6.07) is 67.4. The molecule has 0 aliphatic carbocycles. The summed E-state index contributed by atoms with van der Waals surface area (Å²) in [5.74, 6) is 0. The Hall–Kier alpha value is -6.64. The van der Waals surface area contributed by atoms with E-state index in [1.807, 2.05) is 0 Å². The van der Waals surface area contributed by atoms with E-state index in [1.54, 1.807) is 0 Å². The van der Waals surface area contributed by atoms with Crippen molar-refractivity contribution in [3.05, 3.63) is 188 Å². The van der Waals surface area contributed by atoms with Crippen LogP contribution in [-0.4, -0.2) is 0 Å². The van der Waals surface area contributed by atoms with Crippen molar-refractivity contribution in [3.63, 3.8) is 0 Å². The quantitative estimate of drug-likeness (QED) is 0.187. The van der Waals surface area contributed by atoms with Gasteiger partial charge in [0.1, 0.15) is 11.2 Å². The lowest BCUT2D eigenvalue weighted by molar-refractivity contribution is 0.670. The molecule has 10 aromatic rings. The molecule has 0 saturated heterocycles. The smallest absolute Gasteiger partial charge is 0.143 e. The Morgan fingerprint density at radius 1 is 0.360 bits per heavy atom. The maximum atomic E-state index is 6.86. The molecule has 0 N–H and O–H groups in total. The number of hydrogen-bond acceptors (Lipinski definition) is 2. The lowest BCUT2D eigenvalue weighted by Gasteiger charge is -2.27. The van der Waals surface area contributed by atoms with Crippen molar-refractivity contribution in [3.8, 4) is 22.3 Å². The fraction of sp³-hybridized carbons (Fsp3) is 0. The summed E-state index contributed by atoms with van der Waals surface area (Å²) in [6.07, 6.45) is 0. The minimum atomic E-state index is 0.873. The largest absolute Gasteiger partial charge is 0.455 e. The standard InChI is InChI=1S/C48H31NO/c1-2-12-32(13-3-1)33-24-26-37(27-25-33)49(45-23-11-18-35-15-5-8-20-40(35)45)38-28-29-46-43(31-38)44-30-36-16-6-9-21-41(36)47(48(44)50-46)42-22-10-17-34-14-4-7-19-39(34)42/h1-31H. The van der Waals surface area contributed by atoms with Gasteiger partial charge in [-0.25, -0.2) is 0 Å². The van der Waals surface area contributed by atoms with E-state index in [-0.39, 0.29) is 0 Å². The zero-order valence-corrected chi connectivity index (χ0v) is 27.3. The van der Waals surface area contributed by atoms with Gasteiger partial charge in [0.15, 0.2) is 0 Å². The van der Waals surface area contributed by atoms with E-state index in [1.165, 1.54) is 49.0 Å². The minimum Gasteiger partial charge on any atom is -0.455 e. The van der Waals surface area contributed by atoms with Gasteiger partial charge in [-0.05, 0) is 86.1 Å². The first-order valence-corrected chi connectivity index (χ1v) is 17.1. The molecule has 0 unspecified atom stereocenters. The molecule has 0 amide bonds. The van der Waals surface area contributed by atoms with E-state index in [4.69, 9.17) is 4.42 Å². The van der Waals surface area contributed by atoms with E-state index in [0.717, 1.165) is 44.6 Å². The van der Waals surface area contributed by atoms with Crippen molar-refractivity contribution in [2.75, 3.05) is 4.90 Å². The maximum absolute atomic E-state index is 6.86. The monoisotopic (exact) mass is 637 g/mol. The molecule has 0 saturated carbocycles. The Morgan fingerprint density at radius 2 is 0.960 bits per heavy atom. The lowest BCUT2D eigenvalue weighted by atomic mass is 9.92. The molecule has 0 radical (unpaired) electrons. The first kappa shape index (κ1) is 28.4. The number of benzene rings is 9. The Morgan fingerprint density at radius 3 is 1.76 bits per heavy atom. The van der Waals surface area contributed by atoms with Crippen LogP contribution in [0, 0.1) is 0 Å². The predicted molar refractivity (Wildman–Crippen MR) is 212 cm³/mol. The summed E-state index contributed by atoms with van der Waals surface area (Å²) < 4.78 is 6.86. The highest BCUT2D eigenvalue weighted by Gasteiger charge is 2.21. The minimum absolute atomic E-state index is 0.873. The van der Waals surface area contributed by atoms with Crippen LogP contribution in [0.1, 0.15) is 0 Å². The molecule has 0 aliphatic heterocycles. The van der Waals surface area contributed by atoms with Gasteiger partial charge >= 0.3 is 0 Å². The van der Waals surface area contributed by atoms with Crippen LogP contribution < -0.4 is 4.90 Å². The second-order valence-corrected chi connectivity index (χ2v) is 12.9. The molecule has 50 heavy (non-hydrogen) atoms. The van der Waals surface area contributed by atoms with Crippen molar-refractivity contribution in [1.29, 1.82) is 0 Å². The highest BCUT2D eigenvalue weighted by molar-refractivity contribution is 6.21. The number of anilines is 3. The third-order valence-corrected chi connectivity index (χ3v) is 10.0. The van der Waals surface area contributed by atoms with E-state index in [9.17, 15) is 0 Å². The maximum Gasteiger partial charge on any atom is 0.143 e. The van der Waals surface area contributed by atoms with Crippen LogP contribution in [0.2, 0.25) is 0 Å². The second kappa shape index (κ2) is 11.5. The van der Waals surface area contributed by atoms with E-state index in [0.29, 0.717) is 0 Å². The topological polar surface area (TPSA) is 16.4 Å². The van der Waals surface area contributed by atoms with Gasteiger partial charge < -0.3 is 9.32 Å². The van der Waals surface area contributed by atoms with Crippen LogP contribution in [0.4, 0.5) is 17.1 Å². The highest BCUT2D eigenvalue weighted by atomic mass is 16.3. The molecule has 1 aromatic heterocycles. The molecular formula is C48H31NO. The first-order chi connectivity index (χ1) is 24.8. The van der Waals surface area contributed by atoms with Crippen LogP contribution >= 0.6 is 0 Å². The van der Waals surface area contributed by atoms with E-state index in [2.05, 4.69) is 193 Å². The van der Waals surface area contributed by atoms with Crippen molar-refractivity contribution in [1.82, 2.24) is 0 Å². The Labute approximate surface area is 290 Å². The fourth-order valence-electron chi connectivity index (χ4n) is 7.68. The van der Waals surface area contributed by atoms with Crippen molar-refractivity contribution >= 4 is 71.3 Å². The number of hydrogen-bond donors (Lipinski definition) is 0. The summed E-state index contributed by atoms with van der Waals surface area (Å²) in [4.78, 5) is 2.38. The van der Waals surface area contributed by atoms with Gasteiger partial charge in [-0.2, -0.15) is 0 Å². The molecule has 0 atom stereocenters. The highest BCUT2D eigenvalue weighted by Crippen LogP contribution is 2.46. The molecule has 234 valence electrons. The van der Waals surface area contributed by atoms with Crippen molar-refractivity contribution < 1.29 is 4.42 Å².